The van der Waals surface area contributed by atoms with E-state index in [-0.39, 0.29) is 0 Å². The van der Waals surface area contributed by atoms with Gasteiger partial charge in [0.15, 0.2) is 0 Å². The molecule has 0 saturated carbocycles. The minimum Gasteiger partial charge on any atom is -0.487 e. The van der Waals surface area contributed by atoms with E-state index in [1.165, 1.54) is 0 Å². The summed E-state index contributed by atoms with van der Waals surface area (Å²) in [6.45, 7) is 2.44. The number of hydrogen-bond acceptors (Lipinski definition) is 4. The Morgan fingerprint density at radius 3 is 2.89 bits per heavy atom. The number of anilines is 1. The van der Waals surface area contributed by atoms with Crippen LogP contribution in [0.1, 0.15) is 11.3 Å². The van der Waals surface area contributed by atoms with Crippen molar-refractivity contribution in [1.82, 2.24) is 4.98 Å². The normalized spacial score (nSPS) is 10.2. The molecule has 0 fully saturated rings. The summed E-state index contributed by atoms with van der Waals surface area (Å²) < 4.78 is 6.75. The van der Waals surface area contributed by atoms with Crippen molar-refractivity contribution in [3.8, 4) is 5.75 Å². The van der Waals surface area contributed by atoms with Gasteiger partial charge in [0.25, 0.3) is 0 Å². The van der Waals surface area contributed by atoms with Crippen LogP contribution in [0.15, 0.2) is 41.0 Å². The lowest BCUT2D eigenvalue weighted by atomic mass is 10.2. The molecule has 0 saturated heterocycles. The molecule has 4 nitrogen and oxygen atoms in total. The summed E-state index contributed by atoms with van der Waals surface area (Å²) in [4.78, 5) is 4.21. The lowest BCUT2D eigenvalue weighted by Gasteiger charge is -2.08. The molecular formula is C13H14BrN3O. The molecule has 5 heteroatoms. The minimum atomic E-state index is 0.413. The number of nitrogen functional groups attached to an aromatic ring is 1. The third kappa shape index (κ3) is 3.21. The predicted octanol–water partition coefficient (Wildman–Crippen LogP) is 3.02. The molecule has 0 aliphatic rings. The Morgan fingerprint density at radius 2 is 2.17 bits per heavy atom. The van der Waals surface area contributed by atoms with Crippen molar-refractivity contribution in [3.63, 3.8) is 0 Å². The number of pyridine rings is 1. The van der Waals surface area contributed by atoms with Crippen molar-refractivity contribution in [3.05, 3.63) is 52.3 Å². The number of ether oxygens (including phenoxy) is 1. The second-order valence-corrected chi connectivity index (χ2v) is 4.73. The largest absolute Gasteiger partial charge is 0.487 e. The van der Waals surface area contributed by atoms with Crippen LogP contribution in [-0.4, -0.2) is 4.98 Å². The Morgan fingerprint density at radius 1 is 1.33 bits per heavy atom. The summed E-state index contributed by atoms with van der Waals surface area (Å²) in [5, 5.41) is 0. The van der Waals surface area contributed by atoms with Gasteiger partial charge in [0, 0.05) is 10.7 Å². The van der Waals surface area contributed by atoms with Crippen LogP contribution in [0.25, 0.3) is 0 Å². The molecule has 0 spiro atoms. The van der Waals surface area contributed by atoms with Gasteiger partial charge in [-0.25, -0.2) is 0 Å². The van der Waals surface area contributed by atoms with Gasteiger partial charge in [0.1, 0.15) is 12.4 Å². The first kappa shape index (κ1) is 12.9. The number of rotatable bonds is 4. The third-order valence-corrected chi connectivity index (χ3v) is 3.39. The highest BCUT2D eigenvalue weighted by Gasteiger charge is 2.01. The molecule has 0 radical (unpaired) electrons. The van der Waals surface area contributed by atoms with Gasteiger partial charge in [-0.3, -0.25) is 10.8 Å². The number of halogens is 1. The Labute approximate surface area is 114 Å². The van der Waals surface area contributed by atoms with E-state index in [0.29, 0.717) is 6.61 Å². The van der Waals surface area contributed by atoms with E-state index in [1.54, 1.807) is 12.3 Å². The maximum absolute atomic E-state index is 5.68. The number of nitrogens with zero attached hydrogens (tertiary/aromatic N) is 1. The maximum Gasteiger partial charge on any atom is 0.130 e. The van der Waals surface area contributed by atoms with Crippen LogP contribution in [0.5, 0.6) is 5.75 Å². The van der Waals surface area contributed by atoms with E-state index < -0.39 is 0 Å². The molecule has 1 aromatic carbocycles. The van der Waals surface area contributed by atoms with Crippen LogP contribution >= 0.6 is 15.9 Å². The SMILES string of the molecule is Cc1cc(OCc2cc(NN)ccn2)ccc1Br. The molecule has 18 heavy (non-hydrogen) atoms. The van der Waals surface area contributed by atoms with Crippen molar-refractivity contribution < 1.29 is 4.74 Å². The number of nitrogens with one attached hydrogen (secondary N) is 1. The number of hydrazine groups is 1. The summed E-state index contributed by atoms with van der Waals surface area (Å²) in [5.41, 5.74) is 5.36. The van der Waals surface area contributed by atoms with Crippen LogP contribution in [0.2, 0.25) is 0 Å². The van der Waals surface area contributed by atoms with Crippen molar-refractivity contribution in [2.45, 2.75) is 13.5 Å². The zero-order valence-corrected chi connectivity index (χ0v) is 11.6. The maximum atomic E-state index is 5.68. The summed E-state index contributed by atoms with van der Waals surface area (Å²) in [6.07, 6.45) is 1.70. The molecule has 0 amide bonds. The van der Waals surface area contributed by atoms with Crippen molar-refractivity contribution >= 4 is 21.6 Å². The van der Waals surface area contributed by atoms with E-state index in [4.69, 9.17) is 10.6 Å². The highest BCUT2D eigenvalue weighted by atomic mass is 79.9. The average molecular weight is 308 g/mol. The Balaban J connectivity index is 2.04. The van der Waals surface area contributed by atoms with Crippen LogP contribution in [0.4, 0.5) is 5.69 Å². The molecule has 1 heterocycles. The Kier molecular flexibility index (Phi) is 4.17. The van der Waals surface area contributed by atoms with Crippen molar-refractivity contribution in [2.75, 3.05) is 5.43 Å². The second kappa shape index (κ2) is 5.84. The minimum absolute atomic E-state index is 0.413. The zero-order valence-electron chi connectivity index (χ0n) is 9.98. The number of aryl methyl sites for hydroxylation is 1. The summed E-state index contributed by atoms with van der Waals surface area (Å²) in [6, 6.07) is 9.52. The summed E-state index contributed by atoms with van der Waals surface area (Å²) >= 11 is 3.45. The number of benzene rings is 1. The molecule has 94 valence electrons. The number of aromatic nitrogens is 1. The zero-order chi connectivity index (χ0) is 13.0. The van der Waals surface area contributed by atoms with E-state index in [2.05, 4.69) is 26.3 Å². The first-order valence-electron chi connectivity index (χ1n) is 5.49. The molecule has 3 N–H and O–H groups in total. The molecule has 0 bridgehead atoms. The average Bonchev–Trinajstić information content (AvgIpc) is 2.40. The van der Waals surface area contributed by atoms with E-state index >= 15 is 0 Å². The quantitative estimate of drug-likeness (QED) is 0.673. The second-order valence-electron chi connectivity index (χ2n) is 3.88. The Hall–Kier alpha value is -1.59. The lowest BCUT2D eigenvalue weighted by molar-refractivity contribution is 0.301. The van der Waals surface area contributed by atoms with Gasteiger partial charge in [-0.15, -0.1) is 0 Å². The van der Waals surface area contributed by atoms with Gasteiger partial charge in [-0.1, -0.05) is 15.9 Å². The summed E-state index contributed by atoms with van der Waals surface area (Å²) in [7, 11) is 0. The number of hydrogen-bond donors (Lipinski definition) is 2. The highest BCUT2D eigenvalue weighted by Crippen LogP contribution is 2.22. The fraction of sp³-hybridized carbons (Fsp3) is 0.154. The molecule has 2 aromatic rings. The van der Waals surface area contributed by atoms with Crippen molar-refractivity contribution in [1.29, 1.82) is 0 Å². The lowest BCUT2D eigenvalue weighted by Crippen LogP contribution is -2.08. The first-order chi connectivity index (χ1) is 8.69. The van der Waals surface area contributed by atoms with Crippen molar-refractivity contribution in [2.24, 2.45) is 5.84 Å². The van der Waals surface area contributed by atoms with E-state index in [9.17, 15) is 0 Å². The summed E-state index contributed by atoms with van der Waals surface area (Å²) in [5.74, 6) is 6.16. The predicted molar refractivity (Wildman–Crippen MR) is 75.3 cm³/mol. The van der Waals surface area contributed by atoms with Crippen LogP contribution in [-0.2, 0) is 6.61 Å². The fourth-order valence-electron chi connectivity index (χ4n) is 1.51. The first-order valence-corrected chi connectivity index (χ1v) is 6.29. The van der Waals surface area contributed by atoms with Crippen LogP contribution < -0.4 is 16.0 Å². The number of nitrogens with two attached hydrogens (primary N) is 1. The van der Waals surface area contributed by atoms with Gasteiger partial charge in [0.05, 0.1) is 11.4 Å². The molecule has 1 aromatic heterocycles. The highest BCUT2D eigenvalue weighted by molar-refractivity contribution is 9.10. The molecule has 0 atom stereocenters. The standard InChI is InChI=1S/C13H14BrN3O/c1-9-6-12(2-3-13(9)14)18-8-11-7-10(17-15)4-5-16-11/h2-7H,8,15H2,1H3,(H,16,17). The molecular weight excluding hydrogens is 294 g/mol. The fourth-order valence-corrected chi connectivity index (χ4v) is 1.76. The van der Waals surface area contributed by atoms with Gasteiger partial charge in [-0.2, -0.15) is 0 Å². The molecule has 0 aliphatic heterocycles. The smallest absolute Gasteiger partial charge is 0.130 e. The van der Waals surface area contributed by atoms with Crippen LogP contribution in [0, 0.1) is 6.92 Å². The van der Waals surface area contributed by atoms with E-state index in [0.717, 1.165) is 27.2 Å². The van der Waals surface area contributed by atoms with Gasteiger partial charge >= 0.3 is 0 Å². The topological polar surface area (TPSA) is 60.2 Å². The molecule has 0 aliphatic carbocycles. The van der Waals surface area contributed by atoms with Gasteiger partial charge in [0.2, 0.25) is 0 Å². The monoisotopic (exact) mass is 307 g/mol. The molecule has 0 unspecified atom stereocenters. The molecule has 2 rings (SSSR count). The van der Waals surface area contributed by atoms with E-state index in [1.807, 2.05) is 31.2 Å². The van der Waals surface area contributed by atoms with Crippen LogP contribution in [0.3, 0.4) is 0 Å². The third-order valence-electron chi connectivity index (χ3n) is 2.50. The van der Waals surface area contributed by atoms with Gasteiger partial charge in [-0.05, 0) is 42.8 Å². The Bertz CT molecular complexity index is 546. The van der Waals surface area contributed by atoms with Gasteiger partial charge < -0.3 is 10.2 Å².